The predicted octanol–water partition coefficient (Wildman–Crippen LogP) is 3.71. The summed E-state index contributed by atoms with van der Waals surface area (Å²) in [5.41, 5.74) is 1.89. The Morgan fingerprint density at radius 1 is 1.10 bits per heavy atom. The molecule has 0 aliphatic rings. The molecule has 1 N–H and O–H groups in total. The highest BCUT2D eigenvalue weighted by Gasteiger charge is 2.12. The predicted molar refractivity (Wildman–Crippen MR) is 74.6 cm³/mol. The Hall–Kier alpha value is -1.68. The second kappa shape index (κ2) is 7.20. The van der Waals surface area contributed by atoms with Crippen LogP contribution in [0.4, 0.5) is 8.78 Å². The zero-order valence-electron chi connectivity index (χ0n) is 11.5. The van der Waals surface area contributed by atoms with Crippen LogP contribution in [-0.4, -0.2) is 12.6 Å². The van der Waals surface area contributed by atoms with E-state index in [9.17, 15) is 8.78 Å². The molecule has 0 fully saturated rings. The van der Waals surface area contributed by atoms with Crippen molar-refractivity contribution in [3.8, 4) is 0 Å². The molecule has 2 nitrogen and oxygen atoms in total. The molecule has 0 bridgehead atoms. The molecular weight excluding hydrogens is 260 g/mol. The molecule has 0 amide bonds. The molecule has 0 spiro atoms. The average Bonchev–Trinajstić information content (AvgIpc) is 2.93. The van der Waals surface area contributed by atoms with E-state index in [-0.39, 0.29) is 6.04 Å². The van der Waals surface area contributed by atoms with Gasteiger partial charge in [0.15, 0.2) is 11.6 Å². The third kappa shape index (κ3) is 4.17. The molecule has 0 aliphatic carbocycles. The lowest BCUT2D eigenvalue weighted by molar-refractivity contribution is 0.489. The van der Waals surface area contributed by atoms with Crippen LogP contribution < -0.4 is 5.32 Å². The van der Waals surface area contributed by atoms with E-state index >= 15 is 0 Å². The fourth-order valence-electron chi connectivity index (χ4n) is 2.21. The molecule has 0 saturated heterocycles. The molecular formula is C16H19F2NO. The monoisotopic (exact) mass is 279 g/mol. The maximum absolute atomic E-state index is 13.2. The number of rotatable bonds is 7. The van der Waals surface area contributed by atoms with Crippen LogP contribution in [0.5, 0.6) is 0 Å². The van der Waals surface area contributed by atoms with Crippen molar-refractivity contribution in [2.75, 3.05) is 6.54 Å². The zero-order valence-corrected chi connectivity index (χ0v) is 11.5. The van der Waals surface area contributed by atoms with E-state index in [1.54, 1.807) is 18.6 Å². The number of benzene rings is 1. The van der Waals surface area contributed by atoms with Crippen LogP contribution in [-0.2, 0) is 12.8 Å². The van der Waals surface area contributed by atoms with E-state index in [4.69, 9.17) is 4.42 Å². The van der Waals surface area contributed by atoms with Gasteiger partial charge in [0, 0.05) is 6.04 Å². The molecule has 0 saturated carbocycles. The van der Waals surface area contributed by atoms with E-state index < -0.39 is 11.6 Å². The highest BCUT2D eigenvalue weighted by atomic mass is 19.2. The van der Waals surface area contributed by atoms with Crippen molar-refractivity contribution in [3.05, 3.63) is 59.6 Å². The van der Waals surface area contributed by atoms with Crippen molar-refractivity contribution in [3.63, 3.8) is 0 Å². The van der Waals surface area contributed by atoms with E-state index in [0.29, 0.717) is 6.42 Å². The quantitative estimate of drug-likeness (QED) is 0.835. The van der Waals surface area contributed by atoms with Crippen LogP contribution in [0.15, 0.2) is 41.2 Å². The van der Waals surface area contributed by atoms with Gasteiger partial charge in [0.1, 0.15) is 0 Å². The fraction of sp³-hybridized carbons (Fsp3) is 0.375. The Kier molecular flexibility index (Phi) is 5.30. The van der Waals surface area contributed by atoms with Gasteiger partial charge in [-0.05, 0) is 55.1 Å². The normalized spacial score (nSPS) is 12.6. The third-order valence-electron chi connectivity index (χ3n) is 3.21. The summed E-state index contributed by atoms with van der Waals surface area (Å²) in [4.78, 5) is 0. The molecule has 1 heterocycles. The maximum atomic E-state index is 13.2. The zero-order chi connectivity index (χ0) is 14.4. The maximum Gasteiger partial charge on any atom is 0.159 e. The SMILES string of the molecule is CCCNC(Cc1ccoc1)Cc1ccc(F)c(F)c1. The van der Waals surface area contributed by atoms with Gasteiger partial charge in [-0.2, -0.15) is 0 Å². The van der Waals surface area contributed by atoms with Crippen molar-refractivity contribution in [1.29, 1.82) is 0 Å². The summed E-state index contributed by atoms with van der Waals surface area (Å²) in [5.74, 6) is -1.60. The van der Waals surface area contributed by atoms with E-state index in [2.05, 4.69) is 12.2 Å². The van der Waals surface area contributed by atoms with E-state index in [0.717, 1.165) is 30.5 Å². The van der Waals surface area contributed by atoms with Gasteiger partial charge >= 0.3 is 0 Å². The van der Waals surface area contributed by atoms with Crippen molar-refractivity contribution in [2.45, 2.75) is 32.2 Å². The van der Waals surface area contributed by atoms with E-state index in [1.165, 1.54) is 12.1 Å². The Morgan fingerprint density at radius 3 is 2.55 bits per heavy atom. The first kappa shape index (κ1) is 14.7. The summed E-state index contributed by atoms with van der Waals surface area (Å²) in [7, 11) is 0. The molecule has 4 heteroatoms. The first-order valence-electron chi connectivity index (χ1n) is 6.87. The third-order valence-corrected chi connectivity index (χ3v) is 3.21. The van der Waals surface area contributed by atoms with Crippen molar-refractivity contribution >= 4 is 0 Å². The number of halogens is 2. The molecule has 0 aliphatic heterocycles. The largest absolute Gasteiger partial charge is 0.472 e. The van der Waals surface area contributed by atoms with Gasteiger partial charge < -0.3 is 9.73 Å². The first-order chi connectivity index (χ1) is 9.69. The molecule has 1 aromatic heterocycles. The van der Waals surface area contributed by atoms with Gasteiger partial charge in [-0.1, -0.05) is 13.0 Å². The second-order valence-corrected chi connectivity index (χ2v) is 4.94. The van der Waals surface area contributed by atoms with Crippen LogP contribution in [0.25, 0.3) is 0 Å². The molecule has 108 valence electrons. The molecule has 0 radical (unpaired) electrons. The lowest BCUT2D eigenvalue weighted by atomic mass is 10.00. The number of furan rings is 1. The number of hydrogen-bond donors (Lipinski definition) is 1. The smallest absolute Gasteiger partial charge is 0.159 e. The highest BCUT2D eigenvalue weighted by molar-refractivity contribution is 5.20. The summed E-state index contributed by atoms with van der Waals surface area (Å²) in [6, 6.07) is 6.18. The molecule has 1 aromatic carbocycles. The van der Waals surface area contributed by atoms with Crippen LogP contribution in [0, 0.1) is 11.6 Å². The topological polar surface area (TPSA) is 25.2 Å². The van der Waals surface area contributed by atoms with Gasteiger partial charge in [0.2, 0.25) is 0 Å². The number of hydrogen-bond acceptors (Lipinski definition) is 2. The van der Waals surface area contributed by atoms with Gasteiger partial charge in [-0.15, -0.1) is 0 Å². The minimum atomic E-state index is -0.804. The average molecular weight is 279 g/mol. The Morgan fingerprint density at radius 2 is 1.90 bits per heavy atom. The number of nitrogens with one attached hydrogen (secondary N) is 1. The molecule has 1 unspecified atom stereocenters. The van der Waals surface area contributed by atoms with Crippen molar-refractivity contribution < 1.29 is 13.2 Å². The van der Waals surface area contributed by atoms with Gasteiger partial charge in [0.05, 0.1) is 12.5 Å². The molecule has 20 heavy (non-hydrogen) atoms. The van der Waals surface area contributed by atoms with Crippen LogP contribution >= 0.6 is 0 Å². The molecule has 2 rings (SSSR count). The Balaban J connectivity index is 2.04. The minimum Gasteiger partial charge on any atom is -0.472 e. The summed E-state index contributed by atoms with van der Waals surface area (Å²) >= 11 is 0. The summed E-state index contributed by atoms with van der Waals surface area (Å²) < 4.78 is 31.3. The fourth-order valence-corrected chi connectivity index (χ4v) is 2.21. The molecule has 2 aromatic rings. The van der Waals surface area contributed by atoms with Crippen LogP contribution in [0.3, 0.4) is 0 Å². The lowest BCUT2D eigenvalue weighted by Gasteiger charge is -2.18. The van der Waals surface area contributed by atoms with Crippen LogP contribution in [0.2, 0.25) is 0 Å². The first-order valence-corrected chi connectivity index (χ1v) is 6.87. The Bertz CT molecular complexity index is 525. The van der Waals surface area contributed by atoms with Crippen molar-refractivity contribution in [2.24, 2.45) is 0 Å². The Labute approximate surface area is 117 Å². The summed E-state index contributed by atoms with van der Waals surface area (Å²) in [6.07, 6.45) is 5.84. The van der Waals surface area contributed by atoms with E-state index in [1.807, 2.05) is 6.07 Å². The summed E-state index contributed by atoms with van der Waals surface area (Å²) in [6.45, 7) is 2.99. The second-order valence-electron chi connectivity index (χ2n) is 4.94. The highest BCUT2D eigenvalue weighted by Crippen LogP contribution is 2.13. The van der Waals surface area contributed by atoms with Crippen LogP contribution in [0.1, 0.15) is 24.5 Å². The van der Waals surface area contributed by atoms with Gasteiger partial charge in [0.25, 0.3) is 0 Å². The summed E-state index contributed by atoms with van der Waals surface area (Å²) in [5, 5.41) is 3.43. The standard InChI is InChI=1S/C16H19F2NO/c1-2-6-19-14(9-13-5-7-20-11-13)8-12-3-4-15(17)16(18)10-12/h3-5,7,10-11,14,19H,2,6,8-9H2,1H3. The van der Waals surface area contributed by atoms with Gasteiger partial charge in [-0.3, -0.25) is 0 Å². The molecule has 1 atom stereocenters. The van der Waals surface area contributed by atoms with Crippen molar-refractivity contribution in [1.82, 2.24) is 5.32 Å². The lowest BCUT2D eigenvalue weighted by Crippen LogP contribution is -2.33. The minimum absolute atomic E-state index is 0.178. The van der Waals surface area contributed by atoms with Gasteiger partial charge in [-0.25, -0.2) is 8.78 Å².